The predicted octanol–water partition coefficient (Wildman–Crippen LogP) is 2.13. The van der Waals surface area contributed by atoms with E-state index in [0.29, 0.717) is 0 Å². The van der Waals surface area contributed by atoms with Gasteiger partial charge < -0.3 is 10.2 Å². The zero-order valence-electron chi connectivity index (χ0n) is 11.5. The summed E-state index contributed by atoms with van der Waals surface area (Å²) in [6, 6.07) is 2.05. The lowest BCUT2D eigenvalue weighted by molar-refractivity contribution is 0.659. The fourth-order valence-corrected chi connectivity index (χ4v) is 1.75. The molecule has 0 aliphatic rings. The summed E-state index contributed by atoms with van der Waals surface area (Å²) in [5.74, 6) is 0.850. The molecule has 1 aromatic rings. The molecule has 4 heteroatoms. The minimum Gasteiger partial charge on any atom is -0.341 e. The van der Waals surface area contributed by atoms with Gasteiger partial charge in [0.2, 0.25) is 5.95 Å². The molecule has 0 bridgehead atoms. The van der Waals surface area contributed by atoms with Gasteiger partial charge in [0, 0.05) is 25.3 Å². The van der Waals surface area contributed by atoms with Crippen LogP contribution in [0.25, 0.3) is 0 Å². The number of aromatic nitrogens is 2. The van der Waals surface area contributed by atoms with E-state index in [4.69, 9.17) is 0 Å². The van der Waals surface area contributed by atoms with E-state index in [1.54, 1.807) is 0 Å². The van der Waals surface area contributed by atoms with Gasteiger partial charge in [-0.2, -0.15) is 0 Å². The lowest BCUT2D eigenvalue weighted by Crippen LogP contribution is -2.25. The molecular formula is C13H24N4. The molecule has 1 N–H and O–H groups in total. The molecule has 1 rings (SSSR count). The van der Waals surface area contributed by atoms with E-state index >= 15 is 0 Å². The zero-order chi connectivity index (χ0) is 12.7. The lowest BCUT2D eigenvalue weighted by Gasteiger charge is -2.19. The molecule has 4 nitrogen and oxygen atoms in total. The number of anilines is 1. The molecule has 0 atom stereocenters. The van der Waals surface area contributed by atoms with Gasteiger partial charge in [0.15, 0.2) is 0 Å². The average molecular weight is 236 g/mol. The predicted molar refractivity (Wildman–Crippen MR) is 72.3 cm³/mol. The molecule has 0 aromatic carbocycles. The smallest absolute Gasteiger partial charge is 0.225 e. The third-order valence-corrected chi connectivity index (χ3v) is 2.67. The normalized spacial score (nSPS) is 10.6. The van der Waals surface area contributed by atoms with Crippen LogP contribution < -0.4 is 10.2 Å². The summed E-state index contributed by atoms with van der Waals surface area (Å²) in [5.41, 5.74) is 2.11. The van der Waals surface area contributed by atoms with E-state index in [-0.39, 0.29) is 0 Å². The highest BCUT2D eigenvalue weighted by Crippen LogP contribution is 2.09. The van der Waals surface area contributed by atoms with E-state index in [0.717, 1.165) is 49.9 Å². The van der Waals surface area contributed by atoms with Crippen LogP contribution in [0, 0.1) is 6.92 Å². The van der Waals surface area contributed by atoms with Crippen LogP contribution in [0.1, 0.15) is 38.6 Å². The molecule has 0 aliphatic carbocycles. The molecule has 96 valence electrons. The van der Waals surface area contributed by atoms with Crippen LogP contribution in [0.2, 0.25) is 0 Å². The fraction of sp³-hybridized carbons (Fsp3) is 0.692. The highest BCUT2D eigenvalue weighted by molar-refractivity contribution is 5.31. The van der Waals surface area contributed by atoms with Crippen LogP contribution in [-0.4, -0.2) is 29.6 Å². The van der Waals surface area contributed by atoms with E-state index < -0.39 is 0 Å². The molecule has 1 heterocycles. The Kier molecular flexibility index (Phi) is 5.91. The first-order valence-electron chi connectivity index (χ1n) is 6.51. The molecule has 0 saturated carbocycles. The largest absolute Gasteiger partial charge is 0.341 e. The first kappa shape index (κ1) is 13.9. The van der Waals surface area contributed by atoms with Crippen LogP contribution in [0.5, 0.6) is 0 Å². The summed E-state index contributed by atoms with van der Waals surface area (Å²) in [6.07, 6.45) is 1.15. The SMILES string of the molecule is CCCNCc1cc(C)nc(N(CC)CC)n1. The van der Waals surface area contributed by atoms with Gasteiger partial charge in [0.05, 0.1) is 5.69 Å². The number of hydrogen-bond acceptors (Lipinski definition) is 4. The second-order valence-electron chi connectivity index (χ2n) is 4.15. The van der Waals surface area contributed by atoms with Gasteiger partial charge in [-0.25, -0.2) is 9.97 Å². The highest BCUT2D eigenvalue weighted by atomic mass is 15.2. The highest BCUT2D eigenvalue weighted by Gasteiger charge is 2.07. The van der Waals surface area contributed by atoms with E-state index in [1.165, 1.54) is 0 Å². The van der Waals surface area contributed by atoms with Crippen molar-refractivity contribution in [1.29, 1.82) is 0 Å². The van der Waals surface area contributed by atoms with Crippen LogP contribution in [0.15, 0.2) is 6.07 Å². The Hall–Kier alpha value is -1.16. The first-order valence-corrected chi connectivity index (χ1v) is 6.51. The van der Waals surface area contributed by atoms with Gasteiger partial charge in [-0.15, -0.1) is 0 Å². The molecule has 0 spiro atoms. The van der Waals surface area contributed by atoms with E-state index in [2.05, 4.69) is 47.0 Å². The molecule has 17 heavy (non-hydrogen) atoms. The van der Waals surface area contributed by atoms with Crippen LogP contribution in [0.3, 0.4) is 0 Å². The Bertz CT molecular complexity index is 334. The summed E-state index contributed by atoms with van der Waals surface area (Å²) in [7, 11) is 0. The summed E-state index contributed by atoms with van der Waals surface area (Å²) in [4.78, 5) is 11.3. The molecule has 0 fully saturated rings. The molecule has 0 saturated heterocycles. The van der Waals surface area contributed by atoms with Crippen molar-refractivity contribution in [2.75, 3.05) is 24.5 Å². The second kappa shape index (κ2) is 7.22. The van der Waals surface area contributed by atoms with Crippen molar-refractivity contribution in [3.8, 4) is 0 Å². The Labute approximate surface area is 104 Å². The van der Waals surface area contributed by atoms with Gasteiger partial charge in [-0.3, -0.25) is 0 Å². The van der Waals surface area contributed by atoms with Gasteiger partial charge in [0.25, 0.3) is 0 Å². The second-order valence-corrected chi connectivity index (χ2v) is 4.15. The van der Waals surface area contributed by atoms with E-state index in [1.807, 2.05) is 6.92 Å². The maximum atomic E-state index is 4.60. The third-order valence-electron chi connectivity index (χ3n) is 2.67. The van der Waals surface area contributed by atoms with Crippen molar-refractivity contribution < 1.29 is 0 Å². The average Bonchev–Trinajstić information content (AvgIpc) is 2.30. The first-order chi connectivity index (χ1) is 8.21. The molecule has 0 amide bonds. The Balaban J connectivity index is 2.78. The molecular weight excluding hydrogens is 212 g/mol. The Morgan fingerprint density at radius 3 is 2.47 bits per heavy atom. The summed E-state index contributed by atoms with van der Waals surface area (Å²) < 4.78 is 0. The quantitative estimate of drug-likeness (QED) is 0.736. The van der Waals surface area contributed by atoms with Crippen LogP contribution in [-0.2, 0) is 6.54 Å². The topological polar surface area (TPSA) is 41.1 Å². The van der Waals surface area contributed by atoms with Crippen LogP contribution in [0.4, 0.5) is 5.95 Å². The molecule has 0 radical (unpaired) electrons. The maximum Gasteiger partial charge on any atom is 0.225 e. The number of aryl methyl sites for hydroxylation is 1. The number of rotatable bonds is 7. The summed E-state index contributed by atoms with van der Waals surface area (Å²) in [6.45, 7) is 12.2. The van der Waals surface area contributed by atoms with Crippen molar-refractivity contribution in [2.45, 2.75) is 40.7 Å². The molecule has 0 aliphatic heterocycles. The Morgan fingerprint density at radius 2 is 1.88 bits per heavy atom. The number of hydrogen-bond donors (Lipinski definition) is 1. The Morgan fingerprint density at radius 1 is 1.18 bits per heavy atom. The van der Waals surface area contributed by atoms with Gasteiger partial charge in [-0.1, -0.05) is 6.92 Å². The van der Waals surface area contributed by atoms with Gasteiger partial charge in [-0.05, 0) is 39.8 Å². The minimum absolute atomic E-state index is 0.825. The third kappa shape index (κ3) is 4.30. The summed E-state index contributed by atoms with van der Waals surface area (Å²) >= 11 is 0. The van der Waals surface area contributed by atoms with Crippen molar-refractivity contribution in [3.05, 3.63) is 17.5 Å². The van der Waals surface area contributed by atoms with Crippen molar-refractivity contribution in [2.24, 2.45) is 0 Å². The maximum absolute atomic E-state index is 4.60. The van der Waals surface area contributed by atoms with Gasteiger partial charge in [0.1, 0.15) is 0 Å². The number of nitrogens with one attached hydrogen (secondary N) is 1. The standard InChI is InChI=1S/C13H24N4/c1-5-8-14-10-12-9-11(4)15-13(16-12)17(6-2)7-3/h9,14H,5-8,10H2,1-4H3. The van der Waals surface area contributed by atoms with E-state index in [9.17, 15) is 0 Å². The van der Waals surface area contributed by atoms with Crippen molar-refractivity contribution >= 4 is 5.95 Å². The monoisotopic (exact) mass is 236 g/mol. The molecule has 0 unspecified atom stereocenters. The van der Waals surface area contributed by atoms with Crippen molar-refractivity contribution in [3.63, 3.8) is 0 Å². The van der Waals surface area contributed by atoms with Crippen LogP contribution >= 0.6 is 0 Å². The fourth-order valence-electron chi connectivity index (χ4n) is 1.75. The van der Waals surface area contributed by atoms with Crippen molar-refractivity contribution in [1.82, 2.24) is 15.3 Å². The zero-order valence-corrected chi connectivity index (χ0v) is 11.5. The lowest BCUT2D eigenvalue weighted by atomic mass is 10.3. The number of nitrogens with zero attached hydrogens (tertiary/aromatic N) is 3. The molecule has 1 aromatic heterocycles. The van der Waals surface area contributed by atoms with Gasteiger partial charge >= 0.3 is 0 Å². The summed E-state index contributed by atoms with van der Waals surface area (Å²) in [5, 5.41) is 3.37. The minimum atomic E-state index is 0.825.